The molecule has 0 saturated heterocycles. The molecule has 0 radical (unpaired) electrons. The topological polar surface area (TPSA) is 78.6 Å². The monoisotopic (exact) mass is 459 g/mol. The van der Waals surface area contributed by atoms with E-state index in [-0.39, 0.29) is 24.9 Å². The zero-order chi connectivity index (χ0) is 23.2. The lowest BCUT2D eigenvalue weighted by Crippen LogP contribution is -2.07. The summed E-state index contributed by atoms with van der Waals surface area (Å²) in [5, 5.41) is 1.96. The molecule has 33 heavy (non-hydrogen) atoms. The van der Waals surface area contributed by atoms with Crippen LogP contribution in [0.3, 0.4) is 0 Å². The second kappa shape index (κ2) is 10.1. The van der Waals surface area contributed by atoms with E-state index in [2.05, 4.69) is 11.6 Å². The van der Waals surface area contributed by atoms with Gasteiger partial charge in [-0.05, 0) is 54.3 Å². The maximum absolute atomic E-state index is 12.6. The zero-order valence-corrected chi connectivity index (χ0v) is 18.8. The number of Topliss-reactive ketones (excluding diaryl/α,β-unsaturated/α-hetero) is 1. The molecule has 166 valence electrons. The Morgan fingerprint density at radius 3 is 2.61 bits per heavy atom. The number of nitrogens with zero attached hydrogens (tertiary/aromatic N) is 1. The Kier molecular flexibility index (Phi) is 6.80. The second-order valence-electron chi connectivity index (χ2n) is 7.12. The minimum atomic E-state index is -0.422. The van der Waals surface area contributed by atoms with Crippen molar-refractivity contribution in [2.24, 2.45) is 0 Å². The fourth-order valence-electron chi connectivity index (χ4n) is 3.25. The summed E-state index contributed by atoms with van der Waals surface area (Å²) < 4.78 is 16.7. The molecule has 1 aromatic carbocycles. The van der Waals surface area contributed by atoms with Gasteiger partial charge in [0.05, 0.1) is 28.0 Å². The highest BCUT2D eigenvalue weighted by Gasteiger charge is 2.22. The lowest BCUT2D eigenvalue weighted by Gasteiger charge is -2.14. The van der Waals surface area contributed by atoms with Crippen LogP contribution in [-0.4, -0.2) is 23.3 Å². The average Bonchev–Trinajstić information content (AvgIpc) is 3.55. The first-order valence-electron chi connectivity index (χ1n) is 10.2. The molecular weight excluding hydrogens is 438 g/mol. The minimum Gasteiger partial charge on any atom is -0.472 e. The Balaban J connectivity index is 1.64. The molecule has 0 N–H and O–H groups in total. The van der Waals surface area contributed by atoms with Gasteiger partial charge in [-0.3, -0.25) is 4.79 Å². The third-order valence-corrected chi connectivity index (χ3v) is 5.69. The largest absolute Gasteiger partial charge is 0.472 e. The first-order valence-corrected chi connectivity index (χ1v) is 11.1. The number of benzene rings is 1. The average molecular weight is 460 g/mol. The number of furan rings is 1. The number of pyridine rings is 1. The maximum atomic E-state index is 12.6. The van der Waals surface area contributed by atoms with Crippen LogP contribution in [0, 0.1) is 0 Å². The molecule has 0 saturated carbocycles. The number of carbonyl (C=O) groups excluding carboxylic acids is 2. The van der Waals surface area contributed by atoms with E-state index in [1.807, 2.05) is 23.6 Å². The van der Waals surface area contributed by atoms with Crippen LogP contribution in [0.4, 0.5) is 0 Å². The molecule has 0 aliphatic rings. The Hall–Kier alpha value is -3.97. The van der Waals surface area contributed by atoms with E-state index in [9.17, 15) is 9.59 Å². The van der Waals surface area contributed by atoms with Gasteiger partial charge in [-0.15, -0.1) is 11.3 Å². The van der Waals surface area contributed by atoms with E-state index >= 15 is 0 Å². The summed E-state index contributed by atoms with van der Waals surface area (Å²) in [6.07, 6.45) is 3.08. The van der Waals surface area contributed by atoms with Crippen molar-refractivity contribution in [3.05, 3.63) is 95.6 Å². The van der Waals surface area contributed by atoms with Crippen molar-refractivity contribution in [1.82, 2.24) is 4.98 Å². The number of rotatable bonds is 9. The van der Waals surface area contributed by atoms with Crippen LogP contribution in [0.5, 0.6) is 5.88 Å². The fourth-order valence-corrected chi connectivity index (χ4v) is 3.94. The second-order valence-corrected chi connectivity index (χ2v) is 8.07. The van der Waals surface area contributed by atoms with Crippen molar-refractivity contribution in [2.75, 3.05) is 6.61 Å². The molecule has 4 aromatic rings. The molecule has 6 nitrogen and oxygen atoms in total. The van der Waals surface area contributed by atoms with Gasteiger partial charge in [-0.1, -0.05) is 30.9 Å². The van der Waals surface area contributed by atoms with Crippen molar-refractivity contribution in [1.29, 1.82) is 0 Å². The summed E-state index contributed by atoms with van der Waals surface area (Å²) in [5.41, 5.74) is 2.92. The summed E-state index contributed by atoms with van der Waals surface area (Å²) in [4.78, 5) is 30.1. The minimum absolute atomic E-state index is 0.155. The summed E-state index contributed by atoms with van der Waals surface area (Å²) in [6.45, 7) is 5.33. The third-order valence-electron chi connectivity index (χ3n) is 4.80. The van der Waals surface area contributed by atoms with Crippen molar-refractivity contribution in [3.8, 4) is 27.8 Å². The third kappa shape index (κ3) is 5.10. The number of esters is 1. The van der Waals surface area contributed by atoms with E-state index in [4.69, 9.17) is 13.9 Å². The van der Waals surface area contributed by atoms with E-state index in [0.717, 1.165) is 10.4 Å². The Labute approximate surface area is 195 Å². The number of thiophene rings is 1. The molecule has 0 atom stereocenters. The molecule has 7 heteroatoms. The predicted octanol–water partition coefficient (Wildman–Crippen LogP) is 6.19. The predicted molar refractivity (Wildman–Crippen MR) is 127 cm³/mol. The van der Waals surface area contributed by atoms with E-state index in [1.165, 1.54) is 13.0 Å². The van der Waals surface area contributed by atoms with E-state index in [1.54, 1.807) is 54.0 Å². The van der Waals surface area contributed by atoms with Gasteiger partial charge in [0.2, 0.25) is 5.88 Å². The fraction of sp³-hybridized carbons (Fsp3) is 0.115. The Morgan fingerprint density at radius 2 is 1.97 bits per heavy atom. The molecule has 0 unspecified atom stereocenters. The lowest BCUT2D eigenvalue weighted by atomic mass is 10.0. The van der Waals surface area contributed by atoms with Crippen molar-refractivity contribution < 1.29 is 23.5 Å². The van der Waals surface area contributed by atoms with Crippen molar-refractivity contribution >= 4 is 23.1 Å². The lowest BCUT2D eigenvalue weighted by molar-refractivity contribution is 0.0549. The van der Waals surface area contributed by atoms with Crippen LogP contribution in [0.2, 0.25) is 0 Å². The normalized spacial score (nSPS) is 10.6. The van der Waals surface area contributed by atoms with Crippen molar-refractivity contribution in [2.45, 2.75) is 13.5 Å². The molecule has 4 rings (SSSR count). The summed E-state index contributed by atoms with van der Waals surface area (Å²) in [5.74, 6) is 0.193. The number of ether oxygens (including phenoxy) is 2. The van der Waals surface area contributed by atoms with Gasteiger partial charge in [0.15, 0.2) is 5.78 Å². The van der Waals surface area contributed by atoms with Crippen LogP contribution >= 0.6 is 11.3 Å². The molecule has 0 amide bonds. The molecular formula is C26H21NO5S. The number of aromatic nitrogens is 1. The molecule has 0 spiro atoms. The Morgan fingerprint density at radius 1 is 1.15 bits per heavy atom. The number of ketones is 1. The van der Waals surface area contributed by atoms with Gasteiger partial charge in [-0.2, -0.15) is 0 Å². The Bertz CT molecular complexity index is 1260. The summed E-state index contributed by atoms with van der Waals surface area (Å²) >= 11 is 1.55. The molecule has 0 aliphatic carbocycles. The number of carbonyl (C=O) groups is 2. The highest BCUT2D eigenvalue weighted by molar-refractivity contribution is 7.13. The van der Waals surface area contributed by atoms with Crippen molar-refractivity contribution in [3.63, 3.8) is 0 Å². The maximum Gasteiger partial charge on any atom is 0.338 e. The molecule has 0 bridgehead atoms. The molecule has 0 aliphatic heterocycles. The smallest absolute Gasteiger partial charge is 0.338 e. The van der Waals surface area contributed by atoms with Gasteiger partial charge in [0, 0.05) is 5.56 Å². The highest BCUT2D eigenvalue weighted by atomic mass is 32.1. The highest BCUT2D eigenvalue weighted by Crippen LogP contribution is 2.36. The molecule has 0 fully saturated rings. The van der Waals surface area contributed by atoms with Gasteiger partial charge >= 0.3 is 5.97 Å². The number of hydrogen-bond acceptors (Lipinski definition) is 7. The summed E-state index contributed by atoms with van der Waals surface area (Å²) in [7, 11) is 0. The molecule has 3 heterocycles. The van der Waals surface area contributed by atoms with Crippen LogP contribution in [0.1, 0.15) is 33.2 Å². The van der Waals surface area contributed by atoms with Gasteiger partial charge < -0.3 is 13.9 Å². The zero-order valence-electron chi connectivity index (χ0n) is 17.9. The first kappa shape index (κ1) is 22.2. The van der Waals surface area contributed by atoms with E-state index in [0.29, 0.717) is 28.1 Å². The van der Waals surface area contributed by atoms with Crippen LogP contribution in [0.15, 0.2) is 83.3 Å². The SMILES string of the molecule is C=CCOC(=O)c1ccc(COc2nc(-c3cccs3)cc(-c3ccco3)c2C(C)=O)cc1. The van der Waals surface area contributed by atoms with Gasteiger partial charge in [-0.25, -0.2) is 9.78 Å². The van der Waals surface area contributed by atoms with Gasteiger partial charge in [0.25, 0.3) is 0 Å². The number of hydrogen-bond donors (Lipinski definition) is 0. The van der Waals surface area contributed by atoms with Crippen LogP contribution in [-0.2, 0) is 11.3 Å². The molecule has 3 aromatic heterocycles. The van der Waals surface area contributed by atoms with Crippen LogP contribution < -0.4 is 4.74 Å². The van der Waals surface area contributed by atoms with Gasteiger partial charge in [0.1, 0.15) is 19.0 Å². The summed E-state index contributed by atoms with van der Waals surface area (Å²) in [6, 6.07) is 16.2. The quantitative estimate of drug-likeness (QED) is 0.169. The first-order chi connectivity index (χ1) is 16.1. The van der Waals surface area contributed by atoms with E-state index < -0.39 is 5.97 Å². The standard InChI is InChI=1S/C26H21NO5S/c1-3-12-31-26(29)19-10-8-18(9-11-19)16-32-25-24(17(2)28)20(22-6-4-13-30-22)15-21(27-25)23-7-5-14-33-23/h3-11,13-15H,1,12,16H2,2H3. The van der Waals surface area contributed by atoms with Crippen LogP contribution in [0.25, 0.3) is 21.9 Å².